The zero-order chi connectivity index (χ0) is 14.1. The van der Waals surface area contributed by atoms with Crippen LogP contribution in [0.3, 0.4) is 0 Å². The Labute approximate surface area is 116 Å². The Kier molecular flexibility index (Phi) is 7.30. The third-order valence-electron chi connectivity index (χ3n) is 2.83. The second kappa shape index (κ2) is 8.77. The Hall–Kier alpha value is -1.26. The summed E-state index contributed by atoms with van der Waals surface area (Å²) in [4.78, 5) is 0. The molecule has 0 atom stereocenters. The maximum Gasteiger partial charge on any atom is 0.141 e. The van der Waals surface area contributed by atoms with Gasteiger partial charge in [-0.2, -0.15) is 0 Å². The van der Waals surface area contributed by atoms with Crippen molar-refractivity contribution in [3.8, 4) is 5.75 Å². The van der Waals surface area contributed by atoms with Crippen molar-refractivity contribution in [1.29, 1.82) is 0 Å². The number of anilines is 1. The highest BCUT2D eigenvalue weighted by Gasteiger charge is 2.00. The molecule has 0 aliphatic heterocycles. The highest BCUT2D eigenvalue weighted by atomic mass is 16.5. The lowest BCUT2D eigenvalue weighted by Crippen LogP contribution is -2.20. The molecule has 0 spiro atoms. The topological polar surface area (TPSA) is 56.5 Å². The molecule has 1 rings (SSSR count). The average molecular weight is 266 g/mol. The first-order valence-corrected chi connectivity index (χ1v) is 6.88. The van der Waals surface area contributed by atoms with Gasteiger partial charge in [-0.25, -0.2) is 0 Å². The van der Waals surface area contributed by atoms with E-state index in [4.69, 9.17) is 15.2 Å². The summed E-state index contributed by atoms with van der Waals surface area (Å²) in [5.41, 5.74) is 7.79. The number of rotatable bonds is 9. The normalized spacial score (nSPS) is 10.9. The minimum Gasteiger partial charge on any atom is -0.495 e. The Bertz CT molecular complexity index is 367. The van der Waals surface area contributed by atoms with Gasteiger partial charge in [0.05, 0.1) is 18.9 Å². The first-order chi connectivity index (χ1) is 9.13. The van der Waals surface area contributed by atoms with E-state index in [9.17, 15) is 0 Å². The molecule has 0 aliphatic rings. The highest BCUT2D eigenvalue weighted by Crippen LogP contribution is 2.21. The molecule has 108 valence electrons. The fraction of sp³-hybridized carbons (Fsp3) is 0.600. The molecule has 0 fully saturated rings. The molecular weight excluding hydrogens is 240 g/mol. The molecule has 1 aromatic carbocycles. The largest absolute Gasteiger partial charge is 0.495 e. The SMILES string of the molecule is COc1ccc(CCNCCCOC(C)C)cc1N. The zero-order valence-corrected chi connectivity index (χ0v) is 12.2. The number of hydrogen-bond donors (Lipinski definition) is 2. The molecular formula is C15H26N2O2. The van der Waals surface area contributed by atoms with Crippen molar-refractivity contribution >= 4 is 5.69 Å². The molecule has 4 heteroatoms. The van der Waals surface area contributed by atoms with Crippen LogP contribution in [0.2, 0.25) is 0 Å². The van der Waals surface area contributed by atoms with Crippen molar-refractivity contribution in [2.75, 3.05) is 32.5 Å². The van der Waals surface area contributed by atoms with E-state index in [1.807, 2.05) is 12.1 Å². The minimum atomic E-state index is 0.322. The van der Waals surface area contributed by atoms with Gasteiger partial charge >= 0.3 is 0 Å². The molecule has 3 N–H and O–H groups in total. The fourth-order valence-electron chi connectivity index (χ4n) is 1.81. The second-order valence-corrected chi connectivity index (χ2v) is 4.85. The standard InChI is InChI=1S/C15H26N2O2/c1-12(2)19-10-4-8-17-9-7-13-5-6-15(18-3)14(16)11-13/h5-6,11-12,17H,4,7-10,16H2,1-3H3. The summed E-state index contributed by atoms with van der Waals surface area (Å²) < 4.78 is 10.6. The van der Waals surface area contributed by atoms with Crippen molar-refractivity contribution in [3.05, 3.63) is 23.8 Å². The molecule has 0 unspecified atom stereocenters. The smallest absolute Gasteiger partial charge is 0.141 e. The number of ether oxygens (including phenoxy) is 2. The summed E-state index contributed by atoms with van der Waals surface area (Å²) in [6.07, 6.45) is 2.34. The third kappa shape index (κ3) is 6.45. The van der Waals surface area contributed by atoms with Crippen LogP contribution in [0.5, 0.6) is 5.75 Å². The third-order valence-corrected chi connectivity index (χ3v) is 2.83. The Morgan fingerprint density at radius 2 is 2.05 bits per heavy atom. The van der Waals surface area contributed by atoms with Gasteiger partial charge < -0.3 is 20.5 Å². The summed E-state index contributed by atoms with van der Waals surface area (Å²) in [5, 5.41) is 3.40. The molecule has 0 radical (unpaired) electrons. The second-order valence-electron chi connectivity index (χ2n) is 4.85. The lowest BCUT2D eigenvalue weighted by molar-refractivity contribution is 0.0771. The van der Waals surface area contributed by atoms with E-state index < -0.39 is 0 Å². The van der Waals surface area contributed by atoms with Crippen molar-refractivity contribution < 1.29 is 9.47 Å². The van der Waals surface area contributed by atoms with E-state index in [0.717, 1.165) is 38.3 Å². The molecule has 0 saturated carbocycles. The van der Waals surface area contributed by atoms with Gasteiger partial charge in [-0.05, 0) is 57.5 Å². The van der Waals surface area contributed by atoms with Crippen LogP contribution in [0.4, 0.5) is 5.69 Å². The molecule has 0 aromatic heterocycles. The monoisotopic (exact) mass is 266 g/mol. The van der Waals surface area contributed by atoms with E-state index in [1.165, 1.54) is 5.56 Å². The maximum atomic E-state index is 5.87. The van der Waals surface area contributed by atoms with Crippen LogP contribution < -0.4 is 15.8 Å². The number of nitrogens with two attached hydrogens (primary N) is 1. The van der Waals surface area contributed by atoms with Gasteiger partial charge in [0, 0.05) is 6.61 Å². The first-order valence-electron chi connectivity index (χ1n) is 6.88. The van der Waals surface area contributed by atoms with Crippen LogP contribution >= 0.6 is 0 Å². The molecule has 0 amide bonds. The van der Waals surface area contributed by atoms with Crippen molar-refractivity contribution in [2.45, 2.75) is 32.8 Å². The summed E-state index contributed by atoms with van der Waals surface area (Å²) in [5.74, 6) is 0.738. The number of methoxy groups -OCH3 is 1. The lowest BCUT2D eigenvalue weighted by Gasteiger charge is -2.09. The highest BCUT2D eigenvalue weighted by molar-refractivity contribution is 5.54. The summed E-state index contributed by atoms with van der Waals surface area (Å²) in [6, 6.07) is 5.95. The van der Waals surface area contributed by atoms with Crippen LogP contribution in [0.1, 0.15) is 25.8 Å². The zero-order valence-electron chi connectivity index (χ0n) is 12.2. The molecule has 0 bridgehead atoms. The van der Waals surface area contributed by atoms with Crippen LogP contribution in [0.25, 0.3) is 0 Å². The molecule has 0 aliphatic carbocycles. The minimum absolute atomic E-state index is 0.322. The van der Waals surface area contributed by atoms with Gasteiger partial charge in [-0.15, -0.1) is 0 Å². The van der Waals surface area contributed by atoms with Gasteiger partial charge in [0.25, 0.3) is 0 Å². The summed E-state index contributed by atoms with van der Waals surface area (Å²) >= 11 is 0. The van der Waals surface area contributed by atoms with Gasteiger partial charge in [-0.1, -0.05) is 6.07 Å². The van der Waals surface area contributed by atoms with Crippen LogP contribution in [-0.4, -0.2) is 32.9 Å². The summed E-state index contributed by atoms with van der Waals surface area (Å²) in [7, 11) is 1.63. The average Bonchev–Trinajstić information content (AvgIpc) is 2.37. The Morgan fingerprint density at radius 3 is 2.68 bits per heavy atom. The van der Waals surface area contributed by atoms with Crippen molar-refractivity contribution in [2.24, 2.45) is 0 Å². The van der Waals surface area contributed by atoms with Crippen LogP contribution in [0.15, 0.2) is 18.2 Å². The van der Waals surface area contributed by atoms with E-state index in [-0.39, 0.29) is 0 Å². The van der Waals surface area contributed by atoms with Crippen LogP contribution in [0, 0.1) is 0 Å². The molecule has 19 heavy (non-hydrogen) atoms. The number of benzene rings is 1. The number of hydrogen-bond acceptors (Lipinski definition) is 4. The van der Waals surface area contributed by atoms with Gasteiger partial charge in [0.1, 0.15) is 5.75 Å². The quantitative estimate of drug-likeness (QED) is 0.531. The Balaban J connectivity index is 2.14. The van der Waals surface area contributed by atoms with Gasteiger partial charge in [0.15, 0.2) is 0 Å². The molecule has 4 nitrogen and oxygen atoms in total. The van der Waals surface area contributed by atoms with E-state index in [2.05, 4.69) is 25.2 Å². The molecule has 0 saturated heterocycles. The lowest BCUT2D eigenvalue weighted by atomic mass is 10.1. The molecule has 1 aromatic rings. The maximum absolute atomic E-state index is 5.87. The summed E-state index contributed by atoms with van der Waals surface area (Å²) in [6.45, 7) is 6.87. The number of nitrogens with one attached hydrogen (secondary N) is 1. The van der Waals surface area contributed by atoms with Gasteiger partial charge in [0.2, 0.25) is 0 Å². The van der Waals surface area contributed by atoms with Crippen molar-refractivity contribution in [3.63, 3.8) is 0 Å². The van der Waals surface area contributed by atoms with Crippen molar-refractivity contribution in [1.82, 2.24) is 5.32 Å². The van der Waals surface area contributed by atoms with Gasteiger partial charge in [-0.3, -0.25) is 0 Å². The van der Waals surface area contributed by atoms with E-state index >= 15 is 0 Å². The van der Waals surface area contributed by atoms with Crippen LogP contribution in [-0.2, 0) is 11.2 Å². The van der Waals surface area contributed by atoms with E-state index in [0.29, 0.717) is 11.8 Å². The predicted octanol–water partition coefficient (Wildman–Crippen LogP) is 2.22. The first kappa shape index (κ1) is 15.8. The Morgan fingerprint density at radius 1 is 1.26 bits per heavy atom. The predicted molar refractivity (Wildman–Crippen MR) is 79.7 cm³/mol. The van der Waals surface area contributed by atoms with E-state index in [1.54, 1.807) is 7.11 Å². The fourth-order valence-corrected chi connectivity index (χ4v) is 1.81. The number of nitrogen functional groups attached to an aromatic ring is 1. The molecule has 0 heterocycles.